The van der Waals surface area contributed by atoms with E-state index in [4.69, 9.17) is 9.15 Å². The third kappa shape index (κ3) is 4.03. The van der Waals surface area contributed by atoms with E-state index in [1.165, 1.54) is 5.56 Å². The number of hydrogen-bond donors (Lipinski definition) is 1. The van der Waals surface area contributed by atoms with E-state index in [0.717, 1.165) is 22.4 Å². The molecule has 128 valence electrons. The number of rotatable bonds is 5. The first-order chi connectivity index (χ1) is 12.0. The van der Waals surface area contributed by atoms with Crippen LogP contribution in [0.2, 0.25) is 0 Å². The fourth-order valence-electron chi connectivity index (χ4n) is 2.36. The number of ether oxygens (including phenoxy) is 1. The van der Waals surface area contributed by atoms with Crippen molar-refractivity contribution in [3.05, 3.63) is 59.2 Å². The quantitative estimate of drug-likeness (QED) is 0.770. The van der Waals surface area contributed by atoms with Crippen LogP contribution in [-0.2, 0) is 11.2 Å². The molecule has 0 spiro atoms. The number of amides is 1. The summed E-state index contributed by atoms with van der Waals surface area (Å²) in [6.45, 7) is 4.06. The van der Waals surface area contributed by atoms with E-state index in [1.54, 1.807) is 7.11 Å². The van der Waals surface area contributed by atoms with Crippen molar-refractivity contribution < 1.29 is 13.9 Å². The molecule has 0 atom stereocenters. The van der Waals surface area contributed by atoms with Gasteiger partial charge in [0, 0.05) is 5.56 Å². The van der Waals surface area contributed by atoms with Gasteiger partial charge in [0.05, 0.1) is 13.5 Å². The number of nitrogens with one attached hydrogen (secondary N) is 1. The van der Waals surface area contributed by atoms with Gasteiger partial charge < -0.3 is 9.15 Å². The number of nitrogens with zero attached hydrogens (tertiary/aromatic N) is 2. The summed E-state index contributed by atoms with van der Waals surface area (Å²) in [6.07, 6.45) is 0.214. The van der Waals surface area contributed by atoms with Gasteiger partial charge in [0.15, 0.2) is 0 Å². The summed E-state index contributed by atoms with van der Waals surface area (Å²) < 4.78 is 10.6. The summed E-state index contributed by atoms with van der Waals surface area (Å²) in [6, 6.07) is 13.3. The molecular weight excluding hydrogens is 318 g/mol. The third-order valence-electron chi connectivity index (χ3n) is 3.95. The number of benzene rings is 2. The highest BCUT2D eigenvalue weighted by atomic mass is 16.5. The number of carbonyl (C=O) groups excluding carboxylic acids is 1. The minimum atomic E-state index is -0.222. The monoisotopic (exact) mass is 337 g/mol. The standard InChI is InChI=1S/C19H19N3O3/c1-12-4-7-15(10-13(12)2)18-21-22-19(25-18)20-17(23)11-14-5-8-16(24-3)9-6-14/h4-10H,11H2,1-3H3,(H,20,22,23). The molecule has 0 radical (unpaired) electrons. The van der Waals surface area contributed by atoms with Crippen molar-refractivity contribution in [3.8, 4) is 17.2 Å². The molecule has 1 N–H and O–H groups in total. The van der Waals surface area contributed by atoms with Gasteiger partial charge in [-0.25, -0.2) is 0 Å². The Morgan fingerprint density at radius 3 is 2.52 bits per heavy atom. The highest BCUT2D eigenvalue weighted by molar-refractivity contribution is 5.90. The zero-order valence-electron chi connectivity index (χ0n) is 14.4. The molecule has 0 aliphatic heterocycles. The van der Waals surface area contributed by atoms with Crippen LogP contribution in [0.3, 0.4) is 0 Å². The minimum Gasteiger partial charge on any atom is -0.497 e. The van der Waals surface area contributed by atoms with Gasteiger partial charge >= 0.3 is 6.01 Å². The first kappa shape index (κ1) is 16.7. The predicted molar refractivity (Wildman–Crippen MR) is 94.5 cm³/mol. The van der Waals surface area contributed by atoms with E-state index in [0.29, 0.717) is 5.89 Å². The van der Waals surface area contributed by atoms with Crippen molar-refractivity contribution in [3.63, 3.8) is 0 Å². The van der Waals surface area contributed by atoms with Crippen molar-refractivity contribution in [2.24, 2.45) is 0 Å². The molecule has 0 unspecified atom stereocenters. The average molecular weight is 337 g/mol. The zero-order chi connectivity index (χ0) is 17.8. The van der Waals surface area contributed by atoms with Gasteiger partial charge in [-0.05, 0) is 54.8 Å². The number of carbonyl (C=O) groups is 1. The second-order valence-corrected chi connectivity index (χ2v) is 5.78. The van der Waals surface area contributed by atoms with Gasteiger partial charge in [0.2, 0.25) is 11.8 Å². The third-order valence-corrected chi connectivity index (χ3v) is 3.95. The van der Waals surface area contributed by atoms with Gasteiger partial charge in [-0.3, -0.25) is 10.1 Å². The molecule has 0 fully saturated rings. The first-order valence-electron chi connectivity index (χ1n) is 7.89. The van der Waals surface area contributed by atoms with Crippen molar-refractivity contribution in [1.82, 2.24) is 10.2 Å². The molecule has 2 aromatic carbocycles. The van der Waals surface area contributed by atoms with Gasteiger partial charge in [-0.15, -0.1) is 5.10 Å². The van der Waals surface area contributed by atoms with E-state index in [2.05, 4.69) is 15.5 Å². The van der Waals surface area contributed by atoms with Crippen LogP contribution in [0.4, 0.5) is 6.01 Å². The topological polar surface area (TPSA) is 77.2 Å². The Balaban J connectivity index is 1.65. The summed E-state index contributed by atoms with van der Waals surface area (Å²) in [5, 5.41) is 10.5. The van der Waals surface area contributed by atoms with E-state index < -0.39 is 0 Å². The Morgan fingerprint density at radius 1 is 1.08 bits per heavy atom. The molecule has 0 aliphatic carbocycles. The predicted octanol–water partition coefficient (Wildman–Crippen LogP) is 3.54. The molecular formula is C19H19N3O3. The van der Waals surface area contributed by atoms with Crippen molar-refractivity contribution in [1.29, 1.82) is 0 Å². The fraction of sp³-hybridized carbons (Fsp3) is 0.211. The Kier molecular flexibility index (Phi) is 4.79. The van der Waals surface area contributed by atoms with Gasteiger partial charge in [0.1, 0.15) is 5.75 Å². The van der Waals surface area contributed by atoms with E-state index in [1.807, 2.05) is 56.3 Å². The van der Waals surface area contributed by atoms with E-state index >= 15 is 0 Å². The smallest absolute Gasteiger partial charge is 0.322 e. The second kappa shape index (κ2) is 7.17. The van der Waals surface area contributed by atoms with Crippen LogP contribution in [0.15, 0.2) is 46.9 Å². The largest absolute Gasteiger partial charge is 0.497 e. The molecule has 6 nitrogen and oxygen atoms in total. The maximum Gasteiger partial charge on any atom is 0.322 e. The molecule has 0 aliphatic rings. The summed E-state index contributed by atoms with van der Waals surface area (Å²) in [5.74, 6) is 0.905. The number of aromatic nitrogens is 2. The Labute approximate surface area is 145 Å². The second-order valence-electron chi connectivity index (χ2n) is 5.78. The number of methoxy groups -OCH3 is 1. The average Bonchev–Trinajstić information content (AvgIpc) is 3.06. The summed E-state index contributed by atoms with van der Waals surface area (Å²) >= 11 is 0. The summed E-state index contributed by atoms with van der Waals surface area (Å²) in [4.78, 5) is 12.1. The SMILES string of the molecule is COc1ccc(CC(=O)Nc2nnc(-c3ccc(C)c(C)c3)o2)cc1. The van der Waals surface area contributed by atoms with E-state index in [9.17, 15) is 4.79 Å². The highest BCUT2D eigenvalue weighted by Gasteiger charge is 2.12. The van der Waals surface area contributed by atoms with Crippen molar-refractivity contribution >= 4 is 11.9 Å². The van der Waals surface area contributed by atoms with Crippen molar-refractivity contribution in [2.75, 3.05) is 12.4 Å². The maximum absolute atomic E-state index is 12.1. The maximum atomic E-state index is 12.1. The molecule has 0 bridgehead atoms. The minimum absolute atomic E-state index is 0.0896. The van der Waals surface area contributed by atoms with Crippen LogP contribution in [0.25, 0.3) is 11.5 Å². The van der Waals surface area contributed by atoms with Gasteiger partial charge in [-0.2, -0.15) is 0 Å². The number of aryl methyl sites for hydroxylation is 2. The molecule has 1 heterocycles. The van der Waals surface area contributed by atoms with Crippen LogP contribution in [0.5, 0.6) is 5.75 Å². The van der Waals surface area contributed by atoms with Gasteiger partial charge in [0.25, 0.3) is 0 Å². The lowest BCUT2D eigenvalue weighted by Crippen LogP contribution is -2.14. The van der Waals surface area contributed by atoms with Crippen molar-refractivity contribution in [2.45, 2.75) is 20.3 Å². The van der Waals surface area contributed by atoms with Crippen LogP contribution < -0.4 is 10.1 Å². The molecule has 3 rings (SSSR count). The molecule has 1 aromatic heterocycles. The van der Waals surface area contributed by atoms with Crippen LogP contribution in [0.1, 0.15) is 16.7 Å². The fourth-order valence-corrected chi connectivity index (χ4v) is 2.36. The number of anilines is 1. The van der Waals surface area contributed by atoms with Gasteiger partial charge in [-0.1, -0.05) is 23.3 Å². The zero-order valence-corrected chi connectivity index (χ0v) is 14.4. The first-order valence-corrected chi connectivity index (χ1v) is 7.89. The van der Waals surface area contributed by atoms with E-state index in [-0.39, 0.29) is 18.3 Å². The molecule has 6 heteroatoms. The number of hydrogen-bond acceptors (Lipinski definition) is 5. The Bertz CT molecular complexity index is 885. The Hall–Kier alpha value is -3.15. The summed E-state index contributed by atoms with van der Waals surface area (Å²) in [5.41, 5.74) is 4.02. The molecule has 0 saturated carbocycles. The van der Waals surface area contributed by atoms with Crippen LogP contribution >= 0.6 is 0 Å². The van der Waals surface area contributed by atoms with Crippen LogP contribution in [0, 0.1) is 13.8 Å². The molecule has 25 heavy (non-hydrogen) atoms. The normalized spacial score (nSPS) is 10.5. The highest BCUT2D eigenvalue weighted by Crippen LogP contribution is 2.22. The Morgan fingerprint density at radius 2 is 1.84 bits per heavy atom. The lowest BCUT2D eigenvalue weighted by Gasteiger charge is -2.03. The summed E-state index contributed by atoms with van der Waals surface area (Å²) in [7, 11) is 1.60. The molecule has 0 saturated heterocycles. The molecule has 3 aromatic rings. The lowest BCUT2D eigenvalue weighted by molar-refractivity contribution is -0.115. The van der Waals surface area contributed by atoms with Crippen LogP contribution in [-0.4, -0.2) is 23.2 Å². The molecule has 1 amide bonds. The lowest BCUT2D eigenvalue weighted by atomic mass is 10.1.